The van der Waals surface area contributed by atoms with Gasteiger partial charge in [0.15, 0.2) is 0 Å². The summed E-state index contributed by atoms with van der Waals surface area (Å²) in [6.07, 6.45) is 3.28. The number of anilines is 1. The van der Waals surface area contributed by atoms with E-state index >= 15 is 0 Å². The third kappa shape index (κ3) is 3.25. The number of carbonyl (C=O) groups excluding carboxylic acids is 1. The molecule has 1 saturated heterocycles. The van der Waals surface area contributed by atoms with Gasteiger partial charge in [-0.25, -0.2) is 0 Å². The zero-order chi connectivity index (χ0) is 17.2. The van der Waals surface area contributed by atoms with Gasteiger partial charge in [-0.1, -0.05) is 17.7 Å². The van der Waals surface area contributed by atoms with Crippen molar-refractivity contribution in [2.24, 2.45) is 0 Å². The maximum atomic E-state index is 12.4. The minimum absolute atomic E-state index is 0.115. The molecule has 6 nitrogen and oxygen atoms in total. The van der Waals surface area contributed by atoms with E-state index in [1.807, 2.05) is 45.2 Å². The van der Waals surface area contributed by atoms with Crippen LogP contribution < -0.4 is 4.90 Å². The van der Waals surface area contributed by atoms with Crippen LogP contribution in [0.3, 0.4) is 0 Å². The largest absolute Gasteiger partial charge is 0.367 e. The van der Waals surface area contributed by atoms with E-state index in [9.17, 15) is 4.79 Å². The van der Waals surface area contributed by atoms with Crippen molar-refractivity contribution in [1.29, 1.82) is 0 Å². The molecule has 1 aromatic carbocycles. The molecule has 0 radical (unpaired) electrons. The molecule has 4 rings (SSSR count). The van der Waals surface area contributed by atoms with E-state index in [0.29, 0.717) is 18.1 Å². The maximum Gasteiger partial charge on any atom is 0.264 e. The van der Waals surface area contributed by atoms with Crippen LogP contribution in [-0.2, 0) is 0 Å². The smallest absolute Gasteiger partial charge is 0.264 e. The molecule has 3 aromatic rings. The van der Waals surface area contributed by atoms with Gasteiger partial charge < -0.3 is 9.80 Å². The monoisotopic (exact) mass is 373 g/mol. The minimum Gasteiger partial charge on any atom is -0.367 e. The van der Waals surface area contributed by atoms with Crippen LogP contribution in [0.4, 0.5) is 5.69 Å². The van der Waals surface area contributed by atoms with Crippen LogP contribution in [-0.4, -0.2) is 51.8 Å². The van der Waals surface area contributed by atoms with E-state index in [4.69, 9.17) is 11.6 Å². The van der Waals surface area contributed by atoms with Crippen LogP contribution in [0.15, 0.2) is 48.4 Å². The van der Waals surface area contributed by atoms with E-state index in [1.165, 1.54) is 11.3 Å². The number of hydrogen-bond donors (Lipinski definition) is 0. The lowest BCUT2D eigenvalue weighted by molar-refractivity contribution is 0.0751. The van der Waals surface area contributed by atoms with E-state index < -0.39 is 0 Å². The number of benzene rings is 1. The van der Waals surface area contributed by atoms with Gasteiger partial charge >= 0.3 is 0 Å². The molecule has 25 heavy (non-hydrogen) atoms. The van der Waals surface area contributed by atoms with Gasteiger partial charge in [-0.15, -0.1) is 21.5 Å². The number of hydrogen-bond acceptors (Lipinski definition) is 5. The molecule has 2 aromatic heterocycles. The number of piperazine rings is 1. The van der Waals surface area contributed by atoms with Crippen molar-refractivity contribution in [3.05, 3.63) is 58.3 Å². The van der Waals surface area contributed by atoms with Crippen molar-refractivity contribution in [2.45, 2.75) is 0 Å². The molecular formula is C17H16ClN5OS. The van der Waals surface area contributed by atoms with Gasteiger partial charge in [0.1, 0.15) is 12.7 Å². The van der Waals surface area contributed by atoms with Gasteiger partial charge in [0.2, 0.25) is 0 Å². The lowest BCUT2D eigenvalue weighted by atomic mass is 10.2. The second-order valence-electron chi connectivity index (χ2n) is 5.76. The van der Waals surface area contributed by atoms with E-state index in [-0.39, 0.29) is 5.91 Å². The fourth-order valence-corrected chi connectivity index (χ4v) is 3.94. The van der Waals surface area contributed by atoms with Crippen LogP contribution in [0.5, 0.6) is 0 Å². The average Bonchev–Trinajstić information content (AvgIpc) is 3.35. The Kier molecular flexibility index (Phi) is 4.42. The molecule has 0 N–H and O–H groups in total. The van der Waals surface area contributed by atoms with Crippen LogP contribution in [0.25, 0.3) is 5.69 Å². The molecule has 0 unspecified atom stereocenters. The second-order valence-corrected chi connectivity index (χ2v) is 7.12. The molecule has 0 bridgehead atoms. The van der Waals surface area contributed by atoms with Crippen molar-refractivity contribution in [2.75, 3.05) is 31.1 Å². The van der Waals surface area contributed by atoms with Crippen LogP contribution >= 0.6 is 22.9 Å². The highest BCUT2D eigenvalue weighted by atomic mass is 35.5. The quantitative estimate of drug-likeness (QED) is 0.708. The highest BCUT2D eigenvalue weighted by Crippen LogP contribution is 2.29. The molecule has 3 heterocycles. The molecule has 128 valence electrons. The number of halogens is 1. The first-order valence-electron chi connectivity index (χ1n) is 7.94. The predicted octanol–water partition coefficient (Wildman–Crippen LogP) is 2.94. The summed E-state index contributed by atoms with van der Waals surface area (Å²) in [7, 11) is 0. The Morgan fingerprint density at radius 1 is 1.08 bits per heavy atom. The zero-order valence-corrected chi connectivity index (χ0v) is 15.0. The summed E-state index contributed by atoms with van der Waals surface area (Å²) in [4.78, 5) is 17.3. The Morgan fingerprint density at radius 3 is 2.48 bits per heavy atom. The first kappa shape index (κ1) is 16.1. The van der Waals surface area contributed by atoms with Crippen molar-refractivity contribution >= 4 is 34.5 Å². The molecule has 0 aliphatic carbocycles. The minimum atomic E-state index is 0.115. The summed E-state index contributed by atoms with van der Waals surface area (Å²) < 4.78 is 1.81. The molecule has 1 aliphatic heterocycles. The van der Waals surface area contributed by atoms with Gasteiger partial charge in [0.25, 0.3) is 5.91 Å². The molecule has 1 aliphatic rings. The highest BCUT2D eigenvalue weighted by Gasteiger charge is 2.23. The van der Waals surface area contributed by atoms with Crippen LogP contribution in [0, 0.1) is 0 Å². The topological polar surface area (TPSA) is 54.3 Å². The standard InChI is InChI=1S/C17H16ClN5OS/c18-14-10-13(23-11-19-20-12-23)3-4-15(14)21-5-7-22(8-6-21)17(24)16-2-1-9-25-16/h1-4,9-12H,5-8H2. The number of thiophene rings is 1. The van der Waals surface area contributed by atoms with E-state index in [0.717, 1.165) is 29.3 Å². The number of amides is 1. The fourth-order valence-electron chi connectivity index (χ4n) is 2.95. The van der Waals surface area contributed by atoms with Crippen molar-refractivity contribution in [3.63, 3.8) is 0 Å². The number of nitrogens with zero attached hydrogens (tertiary/aromatic N) is 5. The first-order valence-corrected chi connectivity index (χ1v) is 9.20. The zero-order valence-electron chi connectivity index (χ0n) is 13.4. The van der Waals surface area contributed by atoms with Gasteiger partial charge in [-0.2, -0.15) is 0 Å². The highest BCUT2D eigenvalue weighted by molar-refractivity contribution is 7.12. The third-order valence-corrected chi connectivity index (χ3v) is 5.45. The molecule has 0 spiro atoms. The molecular weight excluding hydrogens is 358 g/mol. The Bertz CT molecular complexity index is 857. The average molecular weight is 374 g/mol. The van der Waals surface area contributed by atoms with Crippen LogP contribution in [0.1, 0.15) is 9.67 Å². The number of rotatable bonds is 3. The fraction of sp³-hybridized carbons (Fsp3) is 0.235. The lowest BCUT2D eigenvalue weighted by Crippen LogP contribution is -2.48. The van der Waals surface area contributed by atoms with Crippen LogP contribution in [0.2, 0.25) is 5.02 Å². The molecule has 0 atom stereocenters. The molecule has 1 fully saturated rings. The Balaban J connectivity index is 1.45. The van der Waals surface area contributed by atoms with Gasteiger partial charge in [-0.3, -0.25) is 9.36 Å². The summed E-state index contributed by atoms with van der Waals surface area (Å²) >= 11 is 7.97. The van der Waals surface area contributed by atoms with E-state index in [1.54, 1.807) is 12.7 Å². The first-order chi connectivity index (χ1) is 12.2. The third-order valence-electron chi connectivity index (χ3n) is 4.29. The molecule has 1 amide bonds. The van der Waals surface area contributed by atoms with Crippen molar-refractivity contribution in [3.8, 4) is 5.69 Å². The van der Waals surface area contributed by atoms with Gasteiger partial charge in [-0.05, 0) is 29.6 Å². The summed E-state index contributed by atoms with van der Waals surface area (Å²) in [5.41, 5.74) is 1.91. The van der Waals surface area contributed by atoms with Gasteiger partial charge in [0.05, 0.1) is 15.6 Å². The van der Waals surface area contributed by atoms with Crippen molar-refractivity contribution in [1.82, 2.24) is 19.7 Å². The molecule has 8 heteroatoms. The Hall–Kier alpha value is -2.38. The SMILES string of the molecule is O=C(c1cccs1)N1CCN(c2ccc(-n3cnnc3)cc2Cl)CC1. The molecule has 0 saturated carbocycles. The Morgan fingerprint density at radius 2 is 1.84 bits per heavy atom. The summed E-state index contributed by atoms with van der Waals surface area (Å²) in [6.45, 7) is 2.92. The predicted molar refractivity (Wildman–Crippen MR) is 98.8 cm³/mol. The lowest BCUT2D eigenvalue weighted by Gasteiger charge is -2.36. The van der Waals surface area contributed by atoms with Crippen molar-refractivity contribution < 1.29 is 4.79 Å². The summed E-state index contributed by atoms with van der Waals surface area (Å²) in [5, 5.41) is 10.2. The maximum absolute atomic E-state index is 12.4. The summed E-state index contributed by atoms with van der Waals surface area (Å²) in [6, 6.07) is 9.69. The van der Waals surface area contributed by atoms with E-state index in [2.05, 4.69) is 15.1 Å². The number of aromatic nitrogens is 3. The number of carbonyl (C=O) groups is 1. The normalized spacial score (nSPS) is 14.8. The second kappa shape index (κ2) is 6.85. The van der Waals surface area contributed by atoms with Gasteiger partial charge in [0, 0.05) is 31.9 Å². The summed E-state index contributed by atoms with van der Waals surface area (Å²) in [5.74, 6) is 0.115. The Labute approximate surface area is 154 Å².